The fraction of sp³-hybridized carbons (Fsp3) is 0.333. The summed E-state index contributed by atoms with van der Waals surface area (Å²) in [6.45, 7) is 0.768. The molecule has 0 heterocycles. The van der Waals surface area contributed by atoms with E-state index in [9.17, 15) is 9.59 Å². The van der Waals surface area contributed by atoms with E-state index >= 15 is 0 Å². The van der Waals surface area contributed by atoms with Crippen LogP contribution >= 0.6 is 11.6 Å². The van der Waals surface area contributed by atoms with Crippen molar-refractivity contribution in [2.75, 3.05) is 18.4 Å². The van der Waals surface area contributed by atoms with Gasteiger partial charge in [0.25, 0.3) is 0 Å². The standard InChI is InChI=1S/C15H15ClN2O3/c1-2-7-18(9-10-3-4-10)15(21)17-13-8-11(16)5-6-12(13)14(19)20/h1,5-6,8,10H,3-4,7,9H2,(H,17,21)(H,19,20). The Labute approximate surface area is 127 Å². The normalized spacial score (nSPS) is 13.3. The minimum absolute atomic E-state index is 0.0140. The van der Waals surface area contributed by atoms with Gasteiger partial charge in [-0.15, -0.1) is 6.42 Å². The van der Waals surface area contributed by atoms with Gasteiger partial charge in [-0.3, -0.25) is 0 Å². The average molecular weight is 307 g/mol. The number of rotatable bonds is 5. The summed E-state index contributed by atoms with van der Waals surface area (Å²) in [4.78, 5) is 24.9. The molecule has 0 atom stereocenters. The zero-order chi connectivity index (χ0) is 15.4. The molecule has 1 aromatic carbocycles. The van der Waals surface area contributed by atoms with Gasteiger partial charge in [-0.1, -0.05) is 17.5 Å². The summed E-state index contributed by atoms with van der Waals surface area (Å²) in [6, 6.07) is 3.81. The van der Waals surface area contributed by atoms with Crippen LogP contribution in [0.5, 0.6) is 0 Å². The predicted octanol–water partition coefficient (Wildman–Crippen LogP) is 2.92. The Balaban J connectivity index is 2.15. The van der Waals surface area contributed by atoms with Crippen molar-refractivity contribution >= 4 is 29.3 Å². The minimum Gasteiger partial charge on any atom is -0.478 e. The summed E-state index contributed by atoms with van der Waals surface area (Å²) in [5.74, 6) is 1.80. The van der Waals surface area contributed by atoms with E-state index in [1.54, 1.807) is 0 Å². The number of carboxylic acid groups (broad SMARTS) is 1. The number of carbonyl (C=O) groups excluding carboxylic acids is 1. The van der Waals surface area contributed by atoms with Crippen LogP contribution in [0.25, 0.3) is 0 Å². The molecule has 21 heavy (non-hydrogen) atoms. The zero-order valence-electron chi connectivity index (χ0n) is 11.3. The molecule has 2 amide bonds. The van der Waals surface area contributed by atoms with Crippen molar-refractivity contribution in [2.24, 2.45) is 5.92 Å². The number of carboxylic acids is 1. The molecule has 2 N–H and O–H groups in total. The first-order valence-electron chi connectivity index (χ1n) is 6.53. The molecular formula is C15H15ClN2O3. The maximum absolute atomic E-state index is 12.2. The Morgan fingerprint density at radius 1 is 1.48 bits per heavy atom. The topological polar surface area (TPSA) is 69.6 Å². The fourth-order valence-corrected chi connectivity index (χ4v) is 2.11. The first-order chi connectivity index (χ1) is 10.0. The number of hydrogen-bond acceptors (Lipinski definition) is 2. The SMILES string of the molecule is C#CCN(CC1CC1)C(=O)Nc1cc(Cl)ccc1C(=O)O. The third-order valence-electron chi connectivity index (χ3n) is 3.20. The second-order valence-corrected chi connectivity index (χ2v) is 5.39. The minimum atomic E-state index is -1.13. The first-order valence-corrected chi connectivity index (χ1v) is 6.91. The third-order valence-corrected chi connectivity index (χ3v) is 3.43. The van der Waals surface area contributed by atoms with Gasteiger partial charge >= 0.3 is 12.0 Å². The van der Waals surface area contributed by atoms with Gasteiger partial charge in [-0.25, -0.2) is 9.59 Å². The molecule has 110 valence electrons. The number of halogens is 1. The van der Waals surface area contributed by atoms with Crippen molar-refractivity contribution in [2.45, 2.75) is 12.8 Å². The Kier molecular flexibility index (Phi) is 4.71. The lowest BCUT2D eigenvalue weighted by Gasteiger charge is -2.21. The number of carbonyl (C=O) groups is 2. The number of hydrogen-bond donors (Lipinski definition) is 2. The molecule has 1 fully saturated rings. The monoisotopic (exact) mass is 306 g/mol. The smallest absolute Gasteiger partial charge is 0.337 e. The van der Waals surface area contributed by atoms with E-state index in [-0.39, 0.29) is 17.8 Å². The molecule has 1 aliphatic carbocycles. The quantitative estimate of drug-likeness (QED) is 0.822. The first kappa shape index (κ1) is 15.2. The summed E-state index contributed by atoms with van der Waals surface area (Å²) in [6.07, 6.45) is 7.45. The van der Waals surface area contributed by atoms with Crippen molar-refractivity contribution in [3.63, 3.8) is 0 Å². The number of urea groups is 1. The van der Waals surface area contributed by atoms with Crippen LogP contribution in [-0.2, 0) is 0 Å². The number of nitrogens with one attached hydrogen (secondary N) is 1. The summed E-state index contributed by atoms with van der Waals surface area (Å²) in [7, 11) is 0. The molecule has 0 spiro atoms. The fourth-order valence-electron chi connectivity index (χ4n) is 1.94. The van der Waals surface area contributed by atoms with Crippen LogP contribution in [0, 0.1) is 18.3 Å². The van der Waals surface area contributed by atoms with Gasteiger partial charge in [0.1, 0.15) is 0 Å². The predicted molar refractivity (Wildman–Crippen MR) is 80.6 cm³/mol. The van der Waals surface area contributed by atoms with E-state index in [4.69, 9.17) is 23.1 Å². The molecule has 1 aromatic rings. The molecule has 1 aliphatic rings. The number of benzene rings is 1. The van der Waals surface area contributed by atoms with Gasteiger partial charge in [-0.2, -0.15) is 0 Å². The van der Waals surface area contributed by atoms with E-state index in [0.717, 1.165) is 12.8 Å². The van der Waals surface area contributed by atoms with Crippen molar-refractivity contribution in [1.82, 2.24) is 4.90 Å². The van der Waals surface area contributed by atoms with Crippen LogP contribution in [0.4, 0.5) is 10.5 Å². The molecule has 0 aromatic heterocycles. The van der Waals surface area contributed by atoms with Crippen LogP contribution in [0.2, 0.25) is 5.02 Å². The molecule has 5 nitrogen and oxygen atoms in total. The van der Waals surface area contributed by atoms with E-state index in [1.165, 1.54) is 23.1 Å². The average Bonchev–Trinajstić information content (AvgIpc) is 3.22. The van der Waals surface area contributed by atoms with Gasteiger partial charge in [0.15, 0.2) is 0 Å². The summed E-state index contributed by atoms with van der Waals surface area (Å²) >= 11 is 5.85. The molecule has 2 rings (SSSR count). The van der Waals surface area contributed by atoms with Crippen molar-refractivity contribution in [3.05, 3.63) is 28.8 Å². The molecule has 0 saturated heterocycles. The summed E-state index contributed by atoms with van der Waals surface area (Å²) < 4.78 is 0. The lowest BCUT2D eigenvalue weighted by Crippen LogP contribution is -2.37. The molecule has 0 radical (unpaired) electrons. The highest BCUT2D eigenvalue weighted by molar-refractivity contribution is 6.31. The van der Waals surface area contributed by atoms with Crippen LogP contribution in [0.3, 0.4) is 0 Å². The Morgan fingerprint density at radius 2 is 2.19 bits per heavy atom. The molecule has 0 aliphatic heterocycles. The number of anilines is 1. The molecule has 6 heteroatoms. The van der Waals surface area contributed by atoms with Crippen LogP contribution < -0.4 is 5.32 Å². The van der Waals surface area contributed by atoms with E-state index in [2.05, 4.69) is 11.2 Å². The largest absolute Gasteiger partial charge is 0.478 e. The number of amides is 2. The number of terminal acetylenes is 1. The third kappa shape index (κ3) is 4.14. The lowest BCUT2D eigenvalue weighted by molar-refractivity contribution is 0.0698. The zero-order valence-corrected chi connectivity index (χ0v) is 12.1. The summed E-state index contributed by atoms with van der Waals surface area (Å²) in [5, 5.41) is 12.1. The van der Waals surface area contributed by atoms with Crippen molar-refractivity contribution < 1.29 is 14.7 Å². The number of nitrogens with zero attached hydrogens (tertiary/aromatic N) is 1. The molecule has 0 unspecified atom stereocenters. The van der Waals surface area contributed by atoms with E-state index in [1.807, 2.05) is 0 Å². The Hall–Kier alpha value is -2.19. The maximum Gasteiger partial charge on any atom is 0.337 e. The van der Waals surface area contributed by atoms with E-state index < -0.39 is 12.0 Å². The van der Waals surface area contributed by atoms with Crippen LogP contribution in [-0.4, -0.2) is 35.1 Å². The second-order valence-electron chi connectivity index (χ2n) is 4.95. The summed E-state index contributed by atoms with van der Waals surface area (Å²) in [5.41, 5.74) is 0.151. The number of aromatic carboxylic acids is 1. The highest BCUT2D eigenvalue weighted by Gasteiger charge is 2.27. The van der Waals surface area contributed by atoms with Gasteiger partial charge in [-0.05, 0) is 37.0 Å². The molecule has 1 saturated carbocycles. The van der Waals surface area contributed by atoms with Gasteiger partial charge in [0.05, 0.1) is 17.8 Å². The van der Waals surface area contributed by atoms with Crippen molar-refractivity contribution in [3.8, 4) is 12.3 Å². The molecule has 0 bridgehead atoms. The maximum atomic E-state index is 12.2. The van der Waals surface area contributed by atoms with Crippen molar-refractivity contribution in [1.29, 1.82) is 0 Å². The Bertz CT molecular complexity index is 605. The van der Waals surface area contributed by atoms with Gasteiger partial charge < -0.3 is 15.3 Å². The second kappa shape index (κ2) is 6.51. The van der Waals surface area contributed by atoms with Gasteiger partial charge in [0, 0.05) is 11.6 Å². The van der Waals surface area contributed by atoms with Gasteiger partial charge in [0.2, 0.25) is 0 Å². The highest BCUT2D eigenvalue weighted by atomic mass is 35.5. The van der Waals surface area contributed by atoms with Crippen LogP contribution in [0.15, 0.2) is 18.2 Å². The Morgan fingerprint density at radius 3 is 2.76 bits per heavy atom. The lowest BCUT2D eigenvalue weighted by atomic mass is 10.2. The molecular weight excluding hydrogens is 292 g/mol. The van der Waals surface area contributed by atoms with Crippen LogP contribution in [0.1, 0.15) is 23.2 Å². The van der Waals surface area contributed by atoms with E-state index in [0.29, 0.717) is 17.5 Å². The highest BCUT2D eigenvalue weighted by Crippen LogP contribution is 2.30.